The van der Waals surface area contributed by atoms with Crippen molar-refractivity contribution in [1.82, 2.24) is 19.7 Å². The van der Waals surface area contributed by atoms with Crippen molar-refractivity contribution < 1.29 is 14.3 Å². The van der Waals surface area contributed by atoms with Crippen molar-refractivity contribution in [3.8, 4) is 0 Å². The van der Waals surface area contributed by atoms with Crippen molar-refractivity contribution in [2.45, 2.75) is 34.2 Å². The summed E-state index contributed by atoms with van der Waals surface area (Å²) in [5.41, 5.74) is 3.13. The van der Waals surface area contributed by atoms with Crippen LogP contribution in [0, 0.1) is 13.8 Å². The topological polar surface area (TPSA) is 101 Å². The summed E-state index contributed by atoms with van der Waals surface area (Å²) in [5, 5.41) is 11.0. The minimum Gasteiger partial charge on any atom is -0.465 e. The van der Waals surface area contributed by atoms with Crippen molar-refractivity contribution >= 4 is 51.5 Å². The third-order valence-electron chi connectivity index (χ3n) is 5.24. The molecule has 0 unspecified atom stereocenters. The normalized spacial score (nSPS) is 10.6. The lowest BCUT2D eigenvalue weighted by molar-refractivity contribution is 0.0601. The molecule has 0 saturated heterocycles. The predicted octanol–water partition coefficient (Wildman–Crippen LogP) is 4.08. The Balaban J connectivity index is 1.75. The lowest BCUT2D eigenvalue weighted by Crippen LogP contribution is -2.30. The molecule has 3 aromatic rings. The molecule has 0 radical (unpaired) electrons. The van der Waals surface area contributed by atoms with Gasteiger partial charge in [0.15, 0.2) is 5.11 Å². The Hall–Kier alpha value is -3.31. The second kappa shape index (κ2) is 11.2. The lowest BCUT2D eigenvalue weighted by Gasteiger charge is -2.17. The Kier molecular flexibility index (Phi) is 8.35. The fourth-order valence-corrected chi connectivity index (χ4v) is 4.78. The van der Waals surface area contributed by atoms with Crippen molar-refractivity contribution in [2.75, 3.05) is 30.8 Å². The molecule has 2 N–H and O–H groups in total. The molecule has 0 fully saturated rings. The molecule has 0 aliphatic rings. The largest absolute Gasteiger partial charge is 0.465 e. The summed E-state index contributed by atoms with van der Waals surface area (Å²) >= 11 is 6.58. The van der Waals surface area contributed by atoms with Crippen LogP contribution in [0.15, 0.2) is 30.6 Å². The Morgan fingerprint density at radius 1 is 1.15 bits per heavy atom. The number of esters is 1. The highest BCUT2D eigenvalue weighted by Gasteiger charge is 2.27. The first kappa shape index (κ1) is 25.3. The predicted molar refractivity (Wildman–Crippen MR) is 138 cm³/mol. The van der Waals surface area contributed by atoms with Gasteiger partial charge in [0.25, 0.3) is 5.91 Å². The zero-order valence-electron chi connectivity index (χ0n) is 19.8. The Bertz CT molecular complexity index is 1180. The number of hydrogen-bond donors (Lipinski definition) is 2. The molecule has 180 valence electrons. The van der Waals surface area contributed by atoms with Gasteiger partial charge in [-0.15, -0.1) is 16.4 Å². The second-order valence-corrected chi connectivity index (χ2v) is 8.99. The first-order valence-corrected chi connectivity index (χ1v) is 12.0. The first-order valence-electron chi connectivity index (χ1n) is 10.8. The number of aromatic nitrogens is 3. The smallest absolute Gasteiger partial charge is 0.341 e. The fourth-order valence-electron chi connectivity index (χ4n) is 3.35. The van der Waals surface area contributed by atoms with Crippen LogP contribution in [0.4, 0.5) is 10.9 Å². The molecule has 0 aliphatic heterocycles. The summed E-state index contributed by atoms with van der Waals surface area (Å²) in [4.78, 5) is 31.8. The number of anilines is 2. The molecule has 0 aliphatic carbocycles. The van der Waals surface area contributed by atoms with Crippen molar-refractivity contribution in [3.05, 3.63) is 57.7 Å². The van der Waals surface area contributed by atoms with E-state index >= 15 is 0 Å². The number of benzene rings is 1. The maximum atomic E-state index is 12.9. The van der Waals surface area contributed by atoms with Crippen molar-refractivity contribution in [2.24, 2.45) is 0 Å². The SMILES string of the molecule is CCN(CC)C(=O)c1sc(NC(=S)Nc2ncn(Cc3ccc(C)cc3)n2)c(C(=O)OC)c1C. The molecule has 11 heteroatoms. The first-order chi connectivity index (χ1) is 16.3. The van der Waals surface area contributed by atoms with Crippen LogP contribution in [0.1, 0.15) is 50.6 Å². The number of amides is 1. The number of methoxy groups -OCH3 is 1. The summed E-state index contributed by atoms with van der Waals surface area (Å²) in [6.45, 7) is 9.31. The van der Waals surface area contributed by atoms with Crippen molar-refractivity contribution in [1.29, 1.82) is 0 Å². The van der Waals surface area contributed by atoms with Crippen LogP contribution in [0.3, 0.4) is 0 Å². The number of hydrogen-bond acceptors (Lipinski definition) is 7. The number of carbonyl (C=O) groups is 2. The molecule has 0 saturated carbocycles. The van der Waals surface area contributed by atoms with Gasteiger partial charge in [0.1, 0.15) is 11.3 Å². The van der Waals surface area contributed by atoms with Crippen molar-refractivity contribution in [3.63, 3.8) is 0 Å². The Morgan fingerprint density at radius 3 is 2.44 bits per heavy atom. The third kappa shape index (κ3) is 5.78. The van der Waals surface area contributed by atoms with Crippen LogP contribution >= 0.6 is 23.6 Å². The van der Waals surface area contributed by atoms with E-state index in [1.54, 1.807) is 22.8 Å². The molecule has 1 amide bonds. The second-order valence-electron chi connectivity index (χ2n) is 7.56. The average molecular weight is 501 g/mol. The summed E-state index contributed by atoms with van der Waals surface area (Å²) in [6.07, 6.45) is 1.61. The number of ether oxygens (including phenoxy) is 1. The molecular weight excluding hydrogens is 472 g/mol. The van der Waals surface area contributed by atoms with E-state index < -0.39 is 5.97 Å². The van der Waals surface area contributed by atoms with E-state index in [1.807, 2.05) is 45.0 Å². The fraction of sp³-hybridized carbons (Fsp3) is 0.348. The van der Waals surface area contributed by atoms with Gasteiger partial charge in [-0.1, -0.05) is 29.8 Å². The molecular formula is C23H28N6O3S2. The zero-order valence-corrected chi connectivity index (χ0v) is 21.5. The van der Waals surface area contributed by atoms with Gasteiger partial charge in [0.05, 0.1) is 24.1 Å². The number of aryl methyl sites for hydroxylation is 1. The number of rotatable bonds is 8. The molecule has 0 atom stereocenters. The van der Waals surface area contributed by atoms with E-state index in [9.17, 15) is 9.59 Å². The average Bonchev–Trinajstić information content (AvgIpc) is 3.38. The van der Waals surface area contributed by atoms with Crippen LogP contribution in [-0.2, 0) is 11.3 Å². The molecule has 34 heavy (non-hydrogen) atoms. The van der Waals surface area contributed by atoms with E-state index in [0.717, 1.165) is 5.56 Å². The van der Waals surface area contributed by atoms with E-state index in [4.69, 9.17) is 17.0 Å². The van der Waals surface area contributed by atoms with E-state index in [2.05, 4.69) is 20.7 Å². The van der Waals surface area contributed by atoms with Gasteiger partial charge in [0.2, 0.25) is 5.95 Å². The summed E-state index contributed by atoms with van der Waals surface area (Å²) in [5.74, 6) is -0.365. The number of thiocarbonyl (C=S) groups is 1. The van der Waals surface area contributed by atoms with Gasteiger partial charge >= 0.3 is 5.97 Å². The van der Waals surface area contributed by atoms with Crippen LogP contribution in [0.5, 0.6) is 0 Å². The minimum absolute atomic E-state index is 0.138. The monoisotopic (exact) mass is 500 g/mol. The van der Waals surface area contributed by atoms with E-state index in [0.29, 0.717) is 41.0 Å². The molecule has 3 rings (SSSR count). The van der Waals surface area contributed by atoms with Crippen LogP contribution < -0.4 is 10.6 Å². The highest BCUT2D eigenvalue weighted by molar-refractivity contribution is 7.80. The molecule has 0 spiro atoms. The van der Waals surface area contributed by atoms with Crippen LogP contribution in [0.25, 0.3) is 0 Å². The third-order valence-corrected chi connectivity index (χ3v) is 6.63. The van der Waals surface area contributed by atoms with Crippen LogP contribution in [0.2, 0.25) is 0 Å². The minimum atomic E-state index is -0.543. The number of nitrogens with one attached hydrogen (secondary N) is 2. The standard InChI is InChI=1S/C23H28N6O3S2/c1-6-28(7-2)20(30)18-15(4)17(21(31)32-5)19(34-18)25-23(33)26-22-24-13-29(27-22)12-16-10-8-14(3)9-11-16/h8-11,13H,6-7,12H2,1-5H3,(H2,25,26,27,33). The molecule has 0 bridgehead atoms. The summed E-state index contributed by atoms with van der Waals surface area (Å²) < 4.78 is 6.64. The lowest BCUT2D eigenvalue weighted by atomic mass is 10.1. The van der Waals surface area contributed by atoms with E-state index in [1.165, 1.54) is 24.0 Å². The zero-order chi connectivity index (χ0) is 24.8. The maximum absolute atomic E-state index is 12.9. The van der Waals surface area contributed by atoms with Crippen LogP contribution in [-0.4, -0.2) is 56.9 Å². The highest BCUT2D eigenvalue weighted by atomic mass is 32.1. The molecule has 2 aromatic heterocycles. The molecule has 1 aromatic carbocycles. The Labute approximate surface area is 208 Å². The number of carbonyl (C=O) groups excluding carboxylic acids is 2. The number of thiophene rings is 1. The number of nitrogens with zero attached hydrogens (tertiary/aromatic N) is 4. The van der Waals surface area contributed by atoms with Gasteiger partial charge < -0.3 is 15.0 Å². The van der Waals surface area contributed by atoms with Gasteiger partial charge in [-0.3, -0.25) is 10.1 Å². The summed E-state index contributed by atoms with van der Waals surface area (Å²) in [7, 11) is 1.30. The van der Waals surface area contributed by atoms with Gasteiger partial charge in [0, 0.05) is 13.1 Å². The van der Waals surface area contributed by atoms with Gasteiger partial charge in [-0.25, -0.2) is 14.5 Å². The Morgan fingerprint density at radius 2 is 1.82 bits per heavy atom. The summed E-state index contributed by atoms with van der Waals surface area (Å²) in [6, 6.07) is 8.18. The highest BCUT2D eigenvalue weighted by Crippen LogP contribution is 2.34. The maximum Gasteiger partial charge on any atom is 0.341 e. The van der Waals surface area contributed by atoms with E-state index in [-0.39, 0.29) is 16.6 Å². The molecule has 2 heterocycles. The van der Waals surface area contributed by atoms with Gasteiger partial charge in [-0.2, -0.15) is 0 Å². The molecule has 9 nitrogen and oxygen atoms in total. The quantitative estimate of drug-likeness (QED) is 0.352. The van der Waals surface area contributed by atoms with Gasteiger partial charge in [-0.05, 0) is 51.0 Å².